The molecule has 0 aliphatic heterocycles. The first-order chi connectivity index (χ1) is 10.6. The van der Waals surface area contributed by atoms with Crippen molar-refractivity contribution in [2.75, 3.05) is 6.54 Å². The van der Waals surface area contributed by atoms with E-state index in [0.29, 0.717) is 0 Å². The van der Waals surface area contributed by atoms with Gasteiger partial charge in [-0.3, -0.25) is 4.79 Å². The lowest BCUT2D eigenvalue weighted by Crippen LogP contribution is -2.37. The Labute approximate surface area is 128 Å². The standard InChI is InChI=1S/C18H18FNO2/c19-15-8-6-14(7-9-15)18(10-11-18)17(22)20-12-16(21)13-4-2-1-3-5-13/h1-9,16,21H,10-12H2,(H,20,22). The Hall–Kier alpha value is -2.20. The third-order valence-electron chi connectivity index (χ3n) is 4.22. The van der Waals surface area contributed by atoms with E-state index in [-0.39, 0.29) is 18.3 Å². The van der Waals surface area contributed by atoms with Gasteiger partial charge < -0.3 is 10.4 Å². The number of hydrogen-bond donors (Lipinski definition) is 2. The molecule has 0 bridgehead atoms. The number of hydrogen-bond acceptors (Lipinski definition) is 2. The van der Waals surface area contributed by atoms with E-state index in [4.69, 9.17) is 0 Å². The zero-order valence-electron chi connectivity index (χ0n) is 12.1. The third kappa shape index (κ3) is 2.88. The van der Waals surface area contributed by atoms with E-state index in [9.17, 15) is 14.3 Å². The molecule has 3 rings (SSSR count). The summed E-state index contributed by atoms with van der Waals surface area (Å²) >= 11 is 0. The summed E-state index contributed by atoms with van der Waals surface area (Å²) in [6, 6.07) is 15.3. The van der Waals surface area contributed by atoms with E-state index in [1.54, 1.807) is 12.1 Å². The summed E-state index contributed by atoms with van der Waals surface area (Å²) in [6.45, 7) is 0.172. The summed E-state index contributed by atoms with van der Waals surface area (Å²) in [5, 5.41) is 12.9. The Morgan fingerprint density at radius 2 is 1.77 bits per heavy atom. The summed E-state index contributed by atoms with van der Waals surface area (Å²) in [7, 11) is 0. The summed E-state index contributed by atoms with van der Waals surface area (Å²) < 4.78 is 13.0. The first-order valence-electron chi connectivity index (χ1n) is 7.39. The molecule has 22 heavy (non-hydrogen) atoms. The summed E-state index contributed by atoms with van der Waals surface area (Å²) in [5.41, 5.74) is 1.06. The molecule has 1 unspecified atom stereocenters. The van der Waals surface area contributed by atoms with Crippen molar-refractivity contribution in [3.63, 3.8) is 0 Å². The molecule has 2 aromatic carbocycles. The van der Waals surface area contributed by atoms with Gasteiger partial charge in [0, 0.05) is 6.54 Å². The van der Waals surface area contributed by atoms with Crippen molar-refractivity contribution in [1.82, 2.24) is 5.32 Å². The van der Waals surface area contributed by atoms with Crippen LogP contribution < -0.4 is 5.32 Å². The average Bonchev–Trinajstić information content (AvgIpc) is 3.35. The van der Waals surface area contributed by atoms with Crippen molar-refractivity contribution in [2.24, 2.45) is 0 Å². The number of benzene rings is 2. The summed E-state index contributed by atoms with van der Waals surface area (Å²) in [4.78, 5) is 12.4. The van der Waals surface area contributed by atoms with Gasteiger partial charge in [-0.25, -0.2) is 4.39 Å². The van der Waals surface area contributed by atoms with Crippen LogP contribution in [0.5, 0.6) is 0 Å². The SMILES string of the molecule is O=C(NCC(O)c1ccccc1)C1(c2ccc(F)cc2)CC1. The van der Waals surface area contributed by atoms with Crippen LogP contribution >= 0.6 is 0 Å². The fourth-order valence-corrected chi connectivity index (χ4v) is 2.69. The number of halogens is 1. The van der Waals surface area contributed by atoms with E-state index in [1.807, 2.05) is 30.3 Å². The first kappa shape index (κ1) is 14.7. The van der Waals surface area contributed by atoms with Crippen molar-refractivity contribution in [3.8, 4) is 0 Å². The zero-order valence-corrected chi connectivity index (χ0v) is 12.1. The number of nitrogens with one attached hydrogen (secondary N) is 1. The molecule has 2 aromatic rings. The van der Waals surface area contributed by atoms with Gasteiger partial charge >= 0.3 is 0 Å². The molecule has 2 N–H and O–H groups in total. The molecule has 3 nitrogen and oxygen atoms in total. The van der Waals surface area contributed by atoms with Crippen LogP contribution in [0.25, 0.3) is 0 Å². The monoisotopic (exact) mass is 299 g/mol. The maximum absolute atomic E-state index is 13.0. The minimum absolute atomic E-state index is 0.103. The van der Waals surface area contributed by atoms with Crippen LogP contribution in [-0.4, -0.2) is 17.6 Å². The van der Waals surface area contributed by atoms with E-state index in [2.05, 4.69) is 5.32 Å². The molecule has 0 saturated heterocycles. The maximum atomic E-state index is 13.0. The van der Waals surface area contributed by atoms with Crippen molar-refractivity contribution >= 4 is 5.91 Å². The Balaban J connectivity index is 1.64. The molecule has 1 amide bonds. The molecule has 1 atom stereocenters. The fraction of sp³-hybridized carbons (Fsp3) is 0.278. The van der Waals surface area contributed by atoms with Crippen LogP contribution in [0.2, 0.25) is 0 Å². The fourth-order valence-electron chi connectivity index (χ4n) is 2.69. The highest BCUT2D eigenvalue weighted by Crippen LogP contribution is 2.48. The molecule has 0 aromatic heterocycles. The van der Waals surface area contributed by atoms with Gasteiger partial charge in [-0.05, 0) is 36.1 Å². The van der Waals surface area contributed by atoms with Crippen molar-refractivity contribution < 1.29 is 14.3 Å². The minimum atomic E-state index is -0.728. The predicted molar refractivity (Wildman–Crippen MR) is 81.7 cm³/mol. The molecule has 1 aliphatic carbocycles. The van der Waals surface area contributed by atoms with Crippen LogP contribution in [-0.2, 0) is 10.2 Å². The van der Waals surface area contributed by atoms with Crippen molar-refractivity contribution in [3.05, 3.63) is 71.5 Å². The van der Waals surface area contributed by atoms with Crippen LogP contribution in [0.15, 0.2) is 54.6 Å². The first-order valence-corrected chi connectivity index (χ1v) is 7.39. The molecule has 0 radical (unpaired) electrons. The molecule has 114 valence electrons. The van der Waals surface area contributed by atoms with Gasteiger partial charge in [0.2, 0.25) is 5.91 Å². The lowest BCUT2D eigenvalue weighted by molar-refractivity contribution is -0.124. The lowest BCUT2D eigenvalue weighted by Gasteiger charge is -2.18. The van der Waals surface area contributed by atoms with Crippen LogP contribution in [0, 0.1) is 5.82 Å². The van der Waals surface area contributed by atoms with Crippen LogP contribution in [0.1, 0.15) is 30.1 Å². The molecule has 0 heterocycles. The van der Waals surface area contributed by atoms with Gasteiger partial charge in [0.25, 0.3) is 0 Å². The second-order valence-electron chi connectivity index (χ2n) is 5.73. The van der Waals surface area contributed by atoms with Gasteiger partial charge in [-0.1, -0.05) is 42.5 Å². The number of aliphatic hydroxyl groups is 1. The van der Waals surface area contributed by atoms with Gasteiger partial charge in [-0.2, -0.15) is 0 Å². The normalized spacial score (nSPS) is 16.8. The maximum Gasteiger partial charge on any atom is 0.230 e. The highest BCUT2D eigenvalue weighted by Gasteiger charge is 2.51. The number of carbonyl (C=O) groups excluding carboxylic acids is 1. The molecule has 4 heteroatoms. The largest absolute Gasteiger partial charge is 0.387 e. The molecule has 0 spiro atoms. The van der Waals surface area contributed by atoms with Gasteiger partial charge in [0.05, 0.1) is 11.5 Å². The topological polar surface area (TPSA) is 49.3 Å². The van der Waals surface area contributed by atoms with Crippen LogP contribution in [0.3, 0.4) is 0 Å². The van der Waals surface area contributed by atoms with E-state index in [1.165, 1.54) is 12.1 Å². The molecular weight excluding hydrogens is 281 g/mol. The molecular formula is C18H18FNO2. The molecule has 1 aliphatic rings. The summed E-state index contributed by atoms with van der Waals surface area (Å²) in [5.74, 6) is -0.409. The Morgan fingerprint density at radius 1 is 1.14 bits per heavy atom. The van der Waals surface area contributed by atoms with E-state index < -0.39 is 11.5 Å². The smallest absolute Gasteiger partial charge is 0.230 e. The van der Waals surface area contributed by atoms with Gasteiger partial charge in [-0.15, -0.1) is 0 Å². The minimum Gasteiger partial charge on any atom is -0.387 e. The van der Waals surface area contributed by atoms with E-state index in [0.717, 1.165) is 24.0 Å². The van der Waals surface area contributed by atoms with Crippen molar-refractivity contribution in [1.29, 1.82) is 0 Å². The van der Waals surface area contributed by atoms with Gasteiger partial charge in [0.15, 0.2) is 0 Å². The highest BCUT2D eigenvalue weighted by molar-refractivity contribution is 5.91. The number of amides is 1. The lowest BCUT2D eigenvalue weighted by atomic mass is 9.95. The quantitative estimate of drug-likeness (QED) is 0.892. The summed E-state index contributed by atoms with van der Waals surface area (Å²) in [6.07, 6.45) is 0.784. The molecule has 1 fully saturated rings. The van der Waals surface area contributed by atoms with E-state index >= 15 is 0 Å². The van der Waals surface area contributed by atoms with Crippen molar-refractivity contribution in [2.45, 2.75) is 24.4 Å². The predicted octanol–water partition coefficient (Wildman–Crippen LogP) is 2.71. The average molecular weight is 299 g/mol. The van der Waals surface area contributed by atoms with Crippen LogP contribution in [0.4, 0.5) is 4.39 Å². The number of carbonyl (C=O) groups is 1. The zero-order chi connectivity index (χ0) is 15.6. The molecule has 1 saturated carbocycles. The second-order valence-corrected chi connectivity index (χ2v) is 5.73. The number of aliphatic hydroxyl groups excluding tert-OH is 1. The Kier molecular flexibility index (Phi) is 3.94. The number of rotatable bonds is 5. The highest BCUT2D eigenvalue weighted by atomic mass is 19.1. The Bertz CT molecular complexity index is 651. The second kappa shape index (κ2) is 5.89. The third-order valence-corrected chi connectivity index (χ3v) is 4.22. The van der Waals surface area contributed by atoms with Gasteiger partial charge in [0.1, 0.15) is 5.82 Å². The Morgan fingerprint density at radius 3 is 2.36 bits per heavy atom.